The van der Waals surface area contributed by atoms with Crippen LogP contribution in [0.1, 0.15) is 31.1 Å². The number of hydrogen-bond donors (Lipinski definition) is 1. The molecule has 1 rings (SSSR count). The quantitative estimate of drug-likeness (QED) is 0.872. The standard InChI is InChI=1S/C13H19BrN2O/c1-8(2)9(3)16(4)13(17)11-7-10(15)5-6-12(11)14/h5-9H,15H2,1-4H3. The van der Waals surface area contributed by atoms with Crippen molar-refractivity contribution in [3.8, 4) is 0 Å². The van der Waals surface area contributed by atoms with Gasteiger partial charge < -0.3 is 10.6 Å². The smallest absolute Gasteiger partial charge is 0.255 e. The SMILES string of the molecule is CC(C)C(C)N(C)C(=O)c1cc(N)ccc1Br. The predicted molar refractivity (Wildman–Crippen MR) is 74.9 cm³/mol. The van der Waals surface area contributed by atoms with Crippen molar-refractivity contribution in [1.29, 1.82) is 0 Å². The molecule has 1 atom stereocenters. The van der Waals surface area contributed by atoms with Crippen LogP contribution in [-0.2, 0) is 0 Å². The Morgan fingerprint density at radius 1 is 1.35 bits per heavy atom. The van der Waals surface area contributed by atoms with Gasteiger partial charge in [-0.25, -0.2) is 0 Å². The van der Waals surface area contributed by atoms with E-state index in [4.69, 9.17) is 5.73 Å². The first kappa shape index (κ1) is 14.0. The van der Waals surface area contributed by atoms with E-state index >= 15 is 0 Å². The number of nitrogen functional groups attached to an aromatic ring is 1. The average Bonchev–Trinajstić information content (AvgIpc) is 2.29. The molecule has 1 aromatic carbocycles. The van der Waals surface area contributed by atoms with E-state index in [0.29, 0.717) is 17.2 Å². The summed E-state index contributed by atoms with van der Waals surface area (Å²) in [4.78, 5) is 14.1. The molecule has 0 saturated carbocycles. The zero-order chi connectivity index (χ0) is 13.2. The summed E-state index contributed by atoms with van der Waals surface area (Å²) in [6.45, 7) is 6.24. The molecule has 0 spiro atoms. The zero-order valence-electron chi connectivity index (χ0n) is 10.7. The lowest BCUT2D eigenvalue weighted by Gasteiger charge is -2.28. The predicted octanol–water partition coefficient (Wildman–Crippen LogP) is 3.15. The van der Waals surface area contributed by atoms with Gasteiger partial charge in [-0.2, -0.15) is 0 Å². The molecule has 0 aliphatic heterocycles. The molecule has 0 saturated heterocycles. The average molecular weight is 299 g/mol. The number of carbonyl (C=O) groups excluding carboxylic acids is 1. The molecule has 0 bridgehead atoms. The number of hydrogen-bond acceptors (Lipinski definition) is 2. The van der Waals surface area contributed by atoms with Gasteiger partial charge in [0, 0.05) is 23.2 Å². The van der Waals surface area contributed by atoms with Gasteiger partial charge in [-0.3, -0.25) is 4.79 Å². The molecule has 17 heavy (non-hydrogen) atoms. The third kappa shape index (κ3) is 3.22. The molecule has 0 aliphatic carbocycles. The third-order valence-corrected chi connectivity index (χ3v) is 3.81. The molecule has 1 amide bonds. The van der Waals surface area contributed by atoms with Gasteiger partial charge in [-0.15, -0.1) is 0 Å². The van der Waals surface area contributed by atoms with Crippen LogP contribution in [0.2, 0.25) is 0 Å². The van der Waals surface area contributed by atoms with Gasteiger partial charge in [0.25, 0.3) is 5.91 Å². The Hall–Kier alpha value is -1.03. The molecule has 0 heterocycles. The Labute approximate surface area is 111 Å². The Balaban J connectivity index is 3.00. The number of anilines is 1. The third-order valence-electron chi connectivity index (χ3n) is 3.12. The van der Waals surface area contributed by atoms with E-state index in [-0.39, 0.29) is 11.9 Å². The maximum atomic E-state index is 12.3. The van der Waals surface area contributed by atoms with Crippen molar-refractivity contribution in [2.45, 2.75) is 26.8 Å². The van der Waals surface area contributed by atoms with Crippen LogP contribution in [0, 0.1) is 5.92 Å². The topological polar surface area (TPSA) is 46.3 Å². The second-order valence-electron chi connectivity index (χ2n) is 4.64. The van der Waals surface area contributed by atoms with Gasteiger partial charge in [0.05, 0.1) is 5.56 Å². The van der Waals surface area contributed by atoms with Crippen LogP contribution in [0.4, 0.5) is 5.69 Å². The summed E-state index contributed by atoms with van der Waals surface area (Å²) in [5, 5.41) is 0. The lowest BCUT2D eigenvalue weighted by atomic mass is 10.0. The summed E-state index contributed by atoms with van der Waals surface area (Å²) < 4.78 is 0.777. The first-order valence-corrected chi connectivity index (χ1v) is 6.46. The fraction of sp³-hybridized carbons (Fsp3) is 0.462. The molecule has 0 radical (unpaired) electrons. The molecule has 1 unspecified atom stereocenters. The Kier molecular flexibility index (Phi) is 4.57. The maximum Gasteiger partial charge on any atom is 0.255 e. The first-order valence-electron chi connectivity index (χ1n) is 5.66. The van der Waals surface area contributed by atoms with Crippen LogP contribution in [0.25, 0.3) is 0 Å². The molecule has 0 fully saturated rings. The molecule has 1 aromatic rings. The van der Waals surface area contributed by atoms with Crippen LogP contribution in [0.3, 0.4) is 0 Å². The van der Waals surface area contributed by atoms with Gasteiger partial charge in [-0.1, -0.05) is 13.8 Å². The molecule has 0 aromatic heterocycles. The summed E-state index contributed by atoms with van der Waals surface area (Å²) >= 11 is 3.38. The minimum Gasteiger partial charge on any atom is -0.399 e. The highest BCUT2D eigenvalue weighted by atomic mass is 79.9. The fourth-order valence-corrected chi connectivity index (χ4v) is 1.95. The lowest BCUT2D eigenvalue weighted by molar-refractivity contribution is 0.0706. The first-order chi connectivity index (χ1) is 7.84. The van der Waals surface area contributed by atoms with Gasteiger partial charge in [0.2, 0.25) is 0 Å². The van der Waals surface area contributed by atoms with Crippen molar-refractivity contribution in [3.05, 3.63) is 28.2 Å². The summed E-state index contributed by atoms with van der Waals surface area (Å²) in [6.07, 6.45) is 0. The van der Waals surface area contributed by atoms with E-state index in [9.17, 15) is 4.79 Å². The van der Waals surface area contributed by atoms with Gasteiger partial charge in [0.1, 0.15) is 0 Å². The fourth-order valence-electron chi connectivity index (χ4n) is 1.53. The summed E-state index contributed by atoms with van der Waals surface area (Å²) in [5.41, 5.74) is 6.92. The normalized spacial score (nSPS) is 12.6. The highest BCUT2D eigenvalue weighted by Crippen LogP contribution is 2.22. The molecule has 3 nitrogen and oxygen atoms in total. The largest absolute Gasteiger partial charge is 0.399 e. The van der Waals surface area contributed by atoms with Gasteiger partial charge in [0.15, 0.2) is 0 Å². The van der Waals surface area contributed by atoms with Crippen molar-refractivity contribution < 1.29 is 4.79 Å². The van der Waals surface area contributed by atoms with Crippen LogP contribution < -0.4 is 5.73 Å². The number of benzene rings is 1. The van der Waals surface area contributed by atoms with E-state index in [1.807, 2.05) is 14.0 Å². The Morgan fingerprint density at radius 2 is 1.94 bits per heavy atom. The number of nitrogens with two attached hydrogens (primary N) is 1. The van der Waals surface area contributed by atoms with Crippen molar-refractivity contribution in [2.75, 3.05) is 12.8 Å². The van der Waals surface area contributed by atoms with Crippen molar-refractivity contribution in [1.82, 2.24) is 4.90 Å². The van der Waals surface area contributed by atoms with Crippen molar-refractivity contribution >= 4 is 27.5 Å². The summed E-state index contributed by atoms with van der Waals surface area (Å²) in [7, 11) is 1.82. The maximum absolute atomic E-state index is 12.3. The molecule has 94 valence electrons. The molecular formula is C13H19BrN2O. The van der Waals surface area contributed by atoms with Crippen molar-refractivity contribution in [2.24, 2.45) is 5.92 Å². The van der Waals surface area contributed by atoms with E-state index in [0.717, 1.165) is 4.47 Å². The second-order valence-corrected chi connectivity index (χ2v) is 5.49. The summed E-state index contributed by atoms with van der Waals surface area (Å²) in [6, 6.07) is 5.47. The van der Waals surface area contributed by atoms with Crippen LogP contribution in [0.15, 0.2) is 22.7 Å². The highest BCUT2D eigenvalue weighted by Gasteiger charge is 2.21. The van der Waals surface area contributed by atoms with E-state index in [1.165, 1.54) is 0 Å². The number of carbonyl (C=O) groups is 1. The molecule has 4 heteroatoms. The van der Waals surface area contributed by atoms with Crippen LogP contribution in [0.5, 0.6) is 0 Å². The van der Waals surface area contributed by atoms with Crippen molar-refractivity contribution in [3.63, 3.8) is 0 Å². The molecule has 2 N–H and O–H groups in total. The van der Waals surface area contributed by atoms with Gasteiger partial charge >= 0.3 is 0 Å². The summed E-state index contributed by atoms with van der Waals surface area (Å²) in [5.74, 6) is 0.411. The van der Waals surface area contributed by atoms with Crippen LogP contribution >= 0.6 is 15.9 Å². The lowest BCUT2D eigenvalue weighted by Crippen LogP contribution is -2.38. The Bertz CT molecular complexity index is 418. The number of nitrogens with zero attached hydrogens (tertiary/aromatic N) is 1. The van der Waals surface area contributed by atoms with Crippen LogP contribution in [-0.4, -0.2) is 23.9 Å². The van der Waals surface area contributed by atoms with E-state index < -0.39 is 0 Å². The highest BCUT2D eigenvalue weighted by molar-refractivity contribution is 9.10. The van der Waals surface area contributed by atoms with E-state index in [1.54, 1.807) is 23.1 Å². The molecular weight excluding hydrogens is 280 g/mol. The Morgan fingerprint density at radius 3 is 2.47 bits per heavy atom. The van der Waals surface area contributed by atoms with E-state index in [2.05, 4.69) is 29.8 Å². The van der Waals surface area contributed by atoms with Gasteiger partial charge in [-0.05, 0) is 47.0 Å². The molecule has 0 aliphatic rings. The minimum absolute atomic E-state index is 0.00891. The zero-order valence-corrected chi connectivity index (χ0v) is 12.3. The second kappa shape index (κ2) is 5.54. The number of rotatable bonds is 3. The minimum atomic E-state index is -0.00891. The number of amides is 1. The number of halogens is 1. The monoisotopic (exact) mass is 298 g/mol.